The van der Waals surface area contributed by atoms with E-state index in [1.54, 1.807) is 46.3 Å². The molecule has 17 heteroatoms. The Bertz CT molecular complexity index is 2090. The van der Waals surface area contributed by atoms with Gasteiger partial charge in [0.2, 0.25) is 5.88 Å². The summed E-state index contributed by atoms with van der Waals surface area (Å²) in [6, 6.07) is 14.6. The number of pyridine rings is 2. The van der Waals surface area contributed by atoms with Crippen molar-refractivity contribution < 1.29 is 35.5 Å². The molecule has 6 aromatic rings. The molecule has 0 atom stereocenters. The van der Waals surface area contributed by atoms with Crippen LogP contribution in [0.5, 0.6) is 11.6 Å². The highest BCUT2D eigenvalue weighted by Gasteiger charge is 2.30. The highest BCUT2D eigenvalue weighted by Crippen LogP contribution is 2.33. The predicted octanol–water partition coefficient (Wildman–Crippen LogP) is 10.4. The molecule has 0 unspecified atom stereocenters. The van der Waals surface area contributed by atoms with Crippen LogP contribution in [0.2, 0.25) is 0 Å². The quantitative estimate of drug-likeness (QED) is 0.169. The van der Waals surface area contributed by atoms with E-state index in [-0.39, 0.29) is 5.56 Å². The maximum absolute atomic E-state index is 12.6. The summed E-state index contributed by atoms with van der Waals surface area (Å²) >= 11 is 6.70. The van der Waals surface area contributed by atoms with Crippen molar-refractivity contribution in [1.29, 1.82) is 0 Å². The number of hydrogen-bond acceptors (Lipinski definition) is 5. The Morgan fingerprint density at radius 2 is 1.25 bits per heavy atom. The standard InChI is InChI=1S/C17H13BrF3N3O.C10H10BrN3O.C7H4F4/c1-2-24-16(8-15(23-24)11-7-13(18)10-22-9-11)25-14-5-3-12(4-6-14)17(19,20)21;1-2-14-10(15)4-9(13-14)7-3-8(11)6-12-5-7;8-6-3-1-5(2-4-6)7(9,10)11/h3-10H,2H2,1H3;3-6,13H,2H2,1H3;1-4H. The Morgan fingerprint density at radius 3 is 1.75 bits per heavy atom. The molecule has 4 heterocycles. The zero-order chi connectivity index (χ0) is 37.3. The summed E-state index contributed by atoms with van der Waals surface area (Å²) in [7, 11) is 0. The molecule has 0 spiro atoms. The van der Waals surface area contributed by atoms with Crippen LogP contribution in [0.15, 0.2) is 111 Å². The number of aryl methyl sites for hydroxylation is 2. The maximum Gasteiger partial charge on any atom is 0.416 e. The average molecular weight is 844 g/mol. The number of benzene rings is 2. The Labute approximate surface area is 303 Å². The summed E-state index contributed by atoms with van der Waals surface area (Å²) in [4.78, 5) is 19.6. The van der Waals surface area contributed by atoms with Gasteiger partial charge in [0.25, 0.3) is 5.56 Å². The van der Waals surface area contributed by atoms with Crippen LogP contribution in [0.3, 0.4) is 0 Å². The van der Waals surface area contributed by atoms with Crippen LogP contribution in [-0.4, -0.2) is 29.5 Å². The van der Waals surface area contributed by atoms with E-state index < -0.39 is 29.3 Å². The number of aromatic amines is 1. The van der Waals surface area contributed by atoms with Crippen LogP contribution in [-0.2, 0) is 25.4 Å². The molecule has 0 bridgehead atoms. The normalized spacial score (nSPS) is 11.3. The van der Waals surface area contributed by atoms with Gasteiger partial charge in [0.15, 0.2) is 0 Å². The van der Waals surface area contributed by atoms with E-state index in [0.717, 1.165) is 50.0 Å². The molecular weight excluding hydrogens is 817 g/mol. The molecular formula is C34H27Br2F7N6O2. The third-order valence-electron chi connectivity index (χ3n) is 6.74. The number of nitrogens with one attached hydrogen (secondary N) is 1. The van der Waals surface area contributed by atoms with Crippen LogP contribution in [0.25, 0.3) is 22.5 Å². The average Bonchev–Trinajstić information content (AvgIpc) is 3.67. The van der Waals surface area contributed by atoms with Gasteiger partial charge in [-0.05, 0) is 106 Å². The van der Waals surface area contributed by atoms with Crippen molar-refractivity contribution in [2.45, 2.75) is 39.3 Å². The Hall–Kier alpha value is -4.77. The minimum atomic E-state index is -4.38. The summed E-state index contributed by atoms with van der Waals surface area (Å²) in [6.45, 7) is 5.01. The van der Waals surface area contributed by atoms with Gasteiger partial charge in [-0.1, -0.05) is 0 Å². The van der Waals surface area contributed by atoms with Crippen molar-refractivity contribution in [3.8, 4) is 34.1 Å². The summed E-state index contributed by atoms with van der Waals surface area (Å²) in [5, 5.41) is 7.46. The molecule has 0 aliphatic heterocycles. The summed E-state index contributed by atoms with van der Waals surface area (Å²) in [5.41, 5.74) is 1.58. The summed E-state index contributed by atoms with van der Waals surface area (Å²) in [5.74, 6) is 0.0803. The lowest BCUT2D eigenvalue weighted by Gasteiger charge is -2.09. The van der Waals surface area contributed by atoms with Gasteiger partial charge in [0, 0.05) is 70.1 Å². The molecule has 0 radical (unpaired) electrons. The van der Waals surface area contributed by atoms with Crippen molar-refractivity contribution in [3.05, 3.63) is 134 Å². The number of ether oxygens (including phenoxy) is 1. The third kappa shape index (κ3) is 11.1. The summed E-state index contributed by atoms with van der Waals surface area (Å²) in [6.07, 6.45) is -1.98. The highest BCUT2D eigenvalue weighted by atomic mass is 79.9. The van der Waals surface area contributed by atoms with Crippen LogP contribution in [0.1, 0.15) is 25.0 Å². The molecule has 0 fully saturated rings. The number of halogens is 9. The van der Waals surface area contributed by atoms with E-state index in [4.69, 9.17) is 4.74 Å². The Morgan fingerprint density at radius 1 is 0.725 bits per heavy atom. The predicted molar refractivity (Wildman–Crippen MR) is 183 cm³/mol. The Balaban J connectivity index is 0.000000190. The van der Waals surface area contributed by atoms with Gasteiger partial charge in [-0.3, -0.25) is 24.5 Å². The Kier molecular flexibility index (Phi) is 13.0. The van der Waals surface area contributed by atoms with E-state index in [1.807, 2.05) is 26.0 Å². The van der Waals surface area contributed by atoms with Gasteiger partial charge in [-0.2, -0.15) is 31.4 Å². The van der Waals surface area contributed by atoms with Crippen molar-refractivity contribution in [2.24, 2.45) is 0 Å². The van der Waals surface area contributed by atoms with E-state index in [9.17, 15) is 35.5 Å². The van der Waals surface area contributed by atoms with Crippen molar-refractivity contribution in [3.63, 3.8) is 0 Å². The van der Waals surface area contributed by atoms with Gasteiger partial charge in [0.1, 0.15) is 11.6 Å². The second-order valence-corrected chi connectivity index (χ2v) is 12.2. The fourth-order valence-corrected chi connectivity index (χ4v) is 4.98. The lowest BCUT2D eigenvalue weighted by Crippen LogP contribution is -2.13. The lowest BCUT2D eigenvalue weighted by atomic mass is 10.2. The molecule has 6 rings (SSSR count). The molecule has 0 aliphatic rings. The smallest absolute Gasteiger partial charge is 0.416 e. The van der Waals surface area contributed by atoms with E-state index in [2.05, 4.69) is 52.0 Å². The minimum absolute atomic E-state index is 0.0209. The second kappa shape index (κ2) is 17.0. The number of nitrogens with zero attached hydrogens (tertiary/aromatic N) is 5. The first-order chi connectivity index (χ1) is 24.1. The molecule has 0 aliphatic carbocycles. The van der Waals surface area contributed by atoms with Gasteiger partial charge < -0.3 is 4.74 Å². The van der Waals surface area contributed by atoms with Crippen molar-refractivity contribution in [2.75, 3.05) is 0 Å². The van der Waals surface area contributed by atoms with Gasteiger partial charge in [-0.25, -0.2) is 9.07 Å². The van der Waals surface area contributed by atoms with E-state index in [0.29, 0.717) is 42.5 Å². The van der Waals surface area contributed by atoms with Crippen LogP contribution < -0.4 is 10.3 Å². The minimum Gasteiger partial charge on any atom is -0.439 e. The zero-order valence-electron chi connectivity index (χ0n) is 26.6. The number of H-pyrrole nitrogens is 1. The number of aromatic nitrogens is 6. The highest BCUT2D eigenvalue weighted by molar-refractivity contribution is 9.10. The number of alkyl halides is 6. The fourth-order valence-electron chi connectivity index (χ4n) is 4.25. The molecule has 0 saturated heterocycles. The molecule has 51 heavy (non-hydrogen) atoms. The monoisotopic (exact) mass is 842 g/mol. The largest absolute Gasteiger partial charge is 0.439 e. The van der Waals surface area contributed by atoms with Gasteiger partial charge in [-0.15, -0.1) is 0 Å². The first-order valence-corrected chi connectivity index (χ1v) is 16.4. The third-order valence-corrected chi connectivity index (χ3v) is 7.61. The van der Waals surface area contributed by atoms with E-state index in [1.165, 1.54) is 12.1 Å². The molecule has 4 aromatic heterocycles. The van der Waals surface area contributed by atoms with Crippen molar-refractivity contribution >= 4 is 31.9 Å². The van der Waals surface area contributed by atoms with Crippen molar-refractivity contribution in [1.82, 2.24) is 29.5 Å². The molecule has 0 amide bonds. The van der Waals surface area contributed by atoms with Crippen LogP contribution in [0.4, 0.5) is 30.7 Å². The molecule has 0 saturated carbocycles. The molecule has 2 aromatic carbocycles. The first-order valence-electron chi connectivity index (χ1n) is 14.8. The topological polar surface area (TPSA) is 90.6 Å². The zero-order valence-corrected chi connectivity index (χ0v) is 29.8. The van der Waals surface area contributed by atoms with Gasteiger partial charge >= 0.3 is 12.4 Å². The molecule has 268 valence electrons. The van der Waals surface area contributed by atoms with Gasteiger partial charge in [0.05, 0.1) is 22.5 Å². The van der Waals surface area contributed by atoms with Crippen LogP contribution >= 0.6 is 31.9 Å². The SMILES string of the molecule is CCn1[nH]c(-c2cncc(Br)c2)cc1=O.CCn1nc(-c2cncc(Br)c2)cc1Oc1ccc(C(F)(F)F)cc1.Fc1ccc(C(F)(F)F)cc1. The van der Waals surface area contributed by atoms with E-state index >= 15 is 0 Å². The first kappa shape index (κ1) is 39.0. The number of hydrogen-bond donors (Lipinski definition) is 1. The maximum atomic E-state index is 12.6. The summed E-state index contributed by atoms with van der Waals surface area (Å²) < 4.78 is 96.0. The number of rotatable bonds is 6. The second-order valence-electron chi connectivity index (χ2n) is 10.3. The molecule has 8 nitrogen and oxygen atoms in total. The van der Waals surface area contributed by atoms with Crippen LogP contribution in [0, 0.1) is 5.82 Å². The fraction of sp³-hybridized carbons (Fsp3) is 0.176. The lowest BCUT2D eigenvalue weighted by molar-refractivity contribution is -0.138. The molecule has 1 N–H and O–H groups in total.